The van der Waals surface area contributed by atoms with Crippen LogP contribution in [0.5, 0.6) is 0 Å². The first-order valence-electron chi connectivity index (χ1n) is 13.9. The maximum atomic E-state index is 15.0. The third-order valence-corrected chi connectivity index (χ3v) is 7.58. The number of rotatable bonds is 10. The van der Waals surface area contributed by atoms with Gasteiger partial charge in [0.1, 0.15) is 12.1 Å². The first-order chi connectivity index (χ1) is 20.8. The molecule has 1 fully saturated rings. The quantitative estimate of drug-likeness (QED) is 0.269. The number of hydrogen-bond donors (Lipinski definition) is 1. The Morgan fingerprint density at radius 2 is 1.91 bits per heavy atom. The lowest BCUT2D eigenvalue weighted by Crippen LogP contribution is -2.42. The molecule has 1 aliphatic heterocycles. The van der Waals surface area contributed by atoms with Crippen molar-refractivity contribution in [1.82, 2.24) is 30.4 Å². The molecule has 3 aromatic carbocycles. The summed E-state index contributed by atoms with van der Waals surface area (Å²) in [5.74, 6) is -1.42. The van der Waals surface area contributed by atoms with Crippen molar-refractivity contribution in [3.05, 3.63) is 112 Å². The lowest BCUT2D eigenvalue weighted by atomic mass is 9.97. The van der Waals surface area contributed by atoms with E-state index in [1.54, 1.807) is 35.2 Å². The van der Waals surface area contributed by atoms with Crippen molar-refractivity contribution in [3.63, 3.8) is 0 Å². The van der Waals surface area contributed by atoms with E-state index in [0.717, 1.165) is 12.0 Å². The molecule has 2 heterocycles. The van der Waals surface area contributed by atoms with Crippen molar-refractivity contribution in [2.45, 2.75) is 32.2 Å². The minimum absolute atomic E-state index is 0.00775. The summed E-state index contributed by atoms with van der Waals surface area (Å²) in [5, 5.41) is 14.4. The maximum absolute atomic E-state index is 15.0. The number of nitrogens with zero attached hydrogens (tertiary/aromatic N) is 5. The number of carbonyl (C=O) groups is 3. The van der Waals surface area contributed by atoms with Crippen molar-refractivity contribution >= 4 is 35.3 Å². The SMILES string of the molecule is C[C@@H]1CCN(C(=O)c2ccc(CC(=O)[C@H](Cc3ccccc3)NC(=O)/C=C/c3cc(Cl)ccc3-n3cnnn3)cc2F)C1. The fourth-order valence-electron chi connectivity index (χ4n) is 5.08. The van der Waals surface area contributed by atoms with Gasteiger partial charge in [0, 0.05) is 36.2 Å². The third kappa shape index (κ3) is 7.58. The van der Waals surface area contributed by atoms with Gasteiger partial charge in [-0.25, -0.2) is 4.39 Å². The molecule has 220 valence electrons. The number of ketones is 1. The van der Waals surface area contributed by atoms with Crippen molar-refractivity contribution in [2.75, 3.05) is 13.1 Å². The van der Waals surface area contributed by atoms with Gasteiger partial charge in [0.25, 0.3) is 5.91 Å². The van der Waals surface area contributed by atoms with Crippen LogP contribution in [0.25, 0.3) is 11.8 Å². The number of nitrogens with one attached hydrogen (secondary N) is 1. The van der Waals surface area contributed by atoms with E-state index in [0.29, 0.717) is 40.8 Å². The van der Waals surface area contributed by atoms with Crippen LogP contribution < -0.4 is 5.32 Å². The molecular weight excluding hydrogens is 571 g/mol. The zero-order valence-electron chi connectivity index (χ0n) is 23.5. The van der Waals surface area contributed by atoms with Crippen molar-refractivity contribution in [2.24, 2.45) is 5.92 Å². The number of likely N-dealkylation sites (tertiary alicyclic amines) is 1. The van der Waals surface area contributed by atoms with Crippen molar-refractivity contribution in [1.29, 1.82) is 0 Å². The van der Waals surface area contributed by atoms with E-state index < -0.39 is 17.8 Å². The van der Waals surface area contributed by atoms with Gasteiger partial charge in [0.2, 0.25) is 5.91 Å². The zero-order chi connectivity index (χ0) is 30.3. The standard InChI is InChI=1S/C32H30ClFN6O3/c1-21-13-14-39(19-21)32(43)26-10-7-23(15-27(26)34)17-30(41)28(16-22-5-3-2-4-6-22)36-31(42)12-8-24-18-25(33)9-11-29(24)40-20-35-37-38-40/h2-12,15,18,20-21,28H,13-14,16-17,19H2,1H3,(H,36,42)/b12-8+/t21-,28+/m1/s1. The average molecular weight is 601 g/mol. The molecular formula is C32H30ClFN6O3. The van der Waals surface area contributed by atoms with Gasteiger partial charge in [0.15, 0.2) is 5.78 Å². The fourth-order valence-corrected chi connectivity index (χ4v) is 5.26. The molecule has 0 saturated carbocycles. The molecule has 0 unspecified atom stereocenters. The van der Waals surface area contributed by atoms with Crippen LogP contribution in [0.4, 0.5) is 4.39 Å². The van der Waals surface area contributed by atoms with Crippen molar-refractivity contribution in [3.8, 4) is 5.69 Å². The Morgan fingerprint density at radius 3 is 2.60 bits per heavy atom. The van der Waals surface area contributed by atoms with Gasteiger partial charge in [0.05, 0.1) is 17.3 Å². The van der Waals surface area contributed by atoms with E-state index in [4.69, 9.17) is 11.6 Å². The van der Waals surface area contributed by atoms with E-state index in [2.05, 4.69) is 27.8 Å². The highest BCUT2D eigenvalue weighted by Crippen LogP contribution is 2.22. The van der Waals surface area contributed by atoms with Crippen LogP contribution in [-0.2, 0) is 22.4 Å². The highest BCUT2D eigenvalue weighted by molar-refractivity contribution is 6.30. The van der Waals surface area contributed by atoms with Crippen molar-refractivity contribution < 1.29 is 18.8 Å². The molecule has 2 atom stereocenters. The topological polar surface area (TPSA) is 110 Å². The second-order valence-corrected chi connectivity index (χ2v) is 11.1. The molecule has 1 N–H and O–H groups in total. The summed E-state index contributed by atoms with van der Waals surface area (Å²) in [6.45, 7) is 3.26. The van der Waals surface area contributed by atoms with Gasteiger partial charge in [-0.05, 0) is 76.7 Å². The van der Waals surface area contributed by atoms with Crippen LogP contribution in [-0.4, -0.2) is 61.8 Å². The fraction of sp³-hybridized carbons (Fsp3) is 0.250. The minimum atomic E-state index is -0.881. The summed E-state index contributed by atoms with van der Waals surface area (Å²) in [7, 11) is 0. The molecule has 4 aromatic rings. The molecule has 0 radical (unpaired) electrons. The van der Waals surface area contributed by atoms with Crippen LogP contribution in [0.15, 0.2) is 79.1 Å². The highest BCUT2D eigenvalue weighted by Gasteiger charge is 2.27. The largest absolute Gasteiger partial charge is 0.342 e. The molecule has 11 heteroatoms. The molecule has 43 heavy (non-hydrogen) atoms. The predicted octanol–water partition coefficient (Wildman–Crippen LogP) is 4.49. The van der Waals surface area contributed by atoms with Crippen LogP contribution in [0.3, 0.4) is 0 Å². The second kappa shape index (κ2) is 13.5. The van der Waals surface area contributed by atoms with Crippen LogP contribution in [0.1, 0.15) is 40.4 Å². The third-order valence-electron chi connectivity index (χ3n) is 7.34. The molecule has 9 nitrogen and oxygen atoms in total. The summed E-state index contributed by atoms with van der Waals surface area (Å²) in [4.78, 5) is 41.0. The molecule has 1 saturated heterocycles. The molecule has 0 bridgehead atoms. The number of aromatic nitrogens is 4. The van der Waals surface area contributed by atoms with Gasteiger partial charge in [-0.1, -0.05) is 54.9 Å². The van der Waals surface area contributed by atoms with Gasteiger partial charge in [-0.15, -0.1) is 5.10 Å². The van der Waals surface area contributed by atoms with Gasteiger partial charge >= 0.3 is 0 Å². The number of Topliss-reactive ketones (excluding diaryl/α,β-unsaturated/α-hetero) is 1. The molecule has 1 aromatic heterocycles. The Kier molecular flexibility index (Phi) is 9.36. The Bertz CT molecular complexity index is 1640. The first kappa shape index (κ1) is 29.8. The van der Waals surface area contributed by atoms with E-state index in [1.807, 2.05) is 30.3 Å². The van der Waals surface area contributed by atoms with E-state index >= 15 is 4.39 Å². The number of benzene rings is 3. The summed E-state index contributed by atoms with van der Waals surface area (Å²) >= 11 is 6.18. The number of hydrogen-bond acceptors (Lipinski definition) is 6. The Hall–Kier alpha value is -4.70. The summed E-state index contributed by atoms with van der Waals surface area (Å²) in [6.07, 6.45) is 5.32. The van der Waals surface area contributed by atoms with Gasteiger partial charge in [-0.3, -0.25) is 14.4 Å². The average Bonchev–Trinajstić information content (AvgIpc) is 3.68. The summed E-state index contributed by atoms with van der Waals surface area (Å²) < 4.78 is 16.5. The number of halogens is 2. The zero-order valence-corrected chi connectivity index (χ0v) is 24.2. The molecule has 5 rings (SSSR count). The molecule has 0 aliphatic carbocycles. The van der Waals surface area contributed by atoms with Crippen LogP contribution in [0.2, 0.25) is 5.02 Å². The summed E-state index contributed by atoms with van der Waals surface area (Å²) in [5.41, 5.74) is 2.47. The van der Waals surface area contributed by atoms with E-state index in [-0.39, 0.29) is 30.1 Å². The van der Waals surface area contributed by atoms with E-state index in [1.165, 1.54) is 29.2 Å². The Balaban J connectivity index is 1.31. The minimum Gasteiger partial charge on any atom is -0.342 e. The lowest BCUT2D eigenvalue weighted by molar-refractivity contribution is -0.125. The number of amides is 2. The van der Waals surface area contributed by atoms with Crippen LogP contribution >= 0.6 is 11.6 Å². The number of carbonyl (C=O) groups excluding carboxylic acids is 3. The lowest BCUT2D eigenvalue weighted by Gasteiger charge is -2.18. The summed E-state index contributed by atoms with van der Waals surface area (Å²) in [6, 6.07) is 17.8. The second-order valence-electron chi connectivity index (χ2n) is 10.6. The Labute approximate surface area is 253 Å². The normalized spacial score (nSPS) is 15.5. The first-order valence-corrected chi connectivity index (χ1v) is 14.3. The monoisotopic (exact) mass is 600 g/mol. The predicted molar refractivity (Wildman–Crippen MR) is 160 cm³/mol. The maximum Gasteiger partial charge on any atom is 0.256 e. The Morgan fingerprint density at radius 1 is 1.09 bits per heavy atom. The smallest absolute Gasteiger partial charge is 0.256 e. The van der Waals surface area contributed by atoms with Gasteiger partial charge < -0.3 is 10.2 Å². The molecule has 2 amide bonds. The van der Waals surface area contributed by atoms with E-state index in [9.17, 15) is 14.4 Å². The van der Waals surface area contributed by atoms with Gasteiger partial charge in [-0.2, -0.15) is 4.68 Å². The highest BCUT2D eigenvalue weighted by atomic mass is 35.5. The molecule has 0 spiro atoms. The number of tetrazole rings is 1. The van der Waals surface area contributed by atoms with Crippen LogP contribution in [0, 0.1) is 11.7 Å². The molecule has 1 aliphatic rings.